The molecule has 19 heavy (non-hydrogen) atoms. The number of pyridine rings is 1. The zero-order valence-electron chi connectivity index (χ0n) is 9.64. The highest BCUT2D eigenvalue weighted by Gasteiger charge is 2.12. The van der Waals surface area contributed by atoms with Crippen molar-refractivity contribution in [3.63, 3.8) is 0 Å². The predicted octanol–water partition coefficient (Wildman–Crippen LogP) is 3.67. The van der Waals surface area contributed by atoms with E-state index in [2.05, 4.69) is 4.98 Å². The molecule has 1 heterocycles. The first-order valence-corrected chi connectivity index (χ1v) is 6.08. The number of carboxylic acid groups (broad SMARTS) is 1. The molecule has 0 atom stereocenters. The molecule has 98 valence electrons. The second-order valence-electron chi connectivity index (χ2n) is 3.68. The van der Waals surface area contributed by atoms with Crippen LogP contribution in [0.5, 0.6) is 5.75 Å². The molecule has 0 saturated carbocycles. The van der Waals surface area contributed by atoms with Gasteiger partial charge in [0, 0.05) is 21.8 Å². The standard InChI is InChI=1S/C13H9Cl2NO3/c14-9-3-4-10(15)8(6-9)7-19-11-2-1-5-16-12(11)13(17)18/h1-6H,7H2,(H,17,18). The molecular weight excluding hydrogens is 289 g/mol. The fourth-order valence-electron chi connectivity index (χ4n) is 1.48. The van der Waals surface area contributed by atoms with Gasteiger partial charge in [-0.15, -0.1) is 0 Å². The topological polar surface area (TPSA) is 59.4 Å². The fraction of sp³-hybridized carbons (Fsp3) is 0.0769. The van der Waals surface area contributed by atoms with E-state index in [0.717, 1.165) is 0 Å². The van der Waals surface area contributed by atoms with Gasteiger partial charge in [-0.05, 0) is 30.3 Å². The lowest BCUT2D eigenvalue weighted by Gasteiger charge is -2.09. The lowest BCUT2D eigenvalue weighted by molar-refractivity contribution is 0.0685. The van der Waals surface area contributed by atoms with Crippen LogP contribution in [0.2, 0.25) is 10.0 Å². The highest BCUT2D eigenvalue weighted by molar-refractivity contribution is 6.33. The highest BCUT2D eigenvalue weighted by Crippen LogP contribution is 2.23. The van der Waals surface area contributed by atoms with E-state index < -0.39 is 5.97 Å². The molecule has 2 rings (SSSR count). The Hall–Kier alpha value is -1.78. The van der Waals surface area contributed by atoms with Crippen LogP contribution in [0.3, 0.4) is 0 Å². The third kappa shape index (κ3) is 3.36. The number of carboxylic acids is 1. The second-order valence-corrected chi connectivity index (χ2v) is 4.52. The summed E-state index contributed by atoms with van der Waals surface area (Å²) >= 11 is 11.9. The maximum atomic E-state index is 11.0. The van der Waals surface area contributed by atoms with E-state index in [1.54, 1.807) is 24.3 Å². The van der Waals surface area contributed by atoms with Crippen LogP contribution in [0.15, 0.2) is 36.5 Å². The van der Waals surface area contributed by atoms with Crippen molar-refractivity contribution in [1.82, 2.24) is 4.98 Å². The van der Waals surface area contributed by atoms with Crippen LogP contribution >= 0.6 is 23.2 Å². The Morgan fingerprint density at radius 3 is 2.84 bits per heavy atom. The number of ether oxygens (including phenoxy) is 1. The quantitative estimate of drug-likeness (QED) is 0.935. The number of hydrogen-bond acceptors (Lipinski definition) is 3. The second kappa shape index (κ2) is 5.91. The van der Waals surface area contributed by atoms with Gasteiger partial charge in [0.1, 0.15) is 6.61 Å². The minimum absolute atomic E-state index is 0.116. The Morgan fingerprint density at radius 1 is 1.32 bits per heavy atom. The average Bonchev–Trinajstić information content (AvgIpc) is 2.40. The van der Waals surface area contributed by atoms with Gasteiger partial charge >= 0.3 is 5.97 Å². The van der Waals surface area contributed by atoms with Crippen LogP contribution < -0.4 is 4.74 Å². The van der Waals surface area contributed by atoms with Gasteiger partial charge in [0.25, 0.3) is 0 Å². The van der Waals surface area contributed by atoms with Crippen LogP contribution in [-0.4, -0.2) is 16.1 Å². The molecule has 0 unspecified atom stereocenters. The van der Waals surface area contributed by atoms with Gasteiger partial charge in [-0.25, -0.2) is 9.78 Å². The first kappa shape index (κ1) is 13.6. The minimum Gasteiger partial charge on any atom is -0.486 e. The van der Waals surface area contributed by atoms with Gasteiger partial charge < -0.3 is 9.84 Å². The maximum Gasteiger partial charge on any atom is 0.358 e. The number of halogens is 2. The largest absolute Gasteiger partial charge is 0.486 e. The lowest BCUT2D eigenvalue weighted by Crippen LogP contribution is -2.05. The Bertz CT molecular complexity index is 617. The first-order chi connectivity index (χ1) is 9.08. The molecule has 0 spiro atoms. The molecule has 1 aromatic heterocycles. The number of benzene rings is 1. The summed E-state index contributed by atoms with van der Waals surface area (Å²) in [5.41, 5.74) is 0.537. The molecule has 1 aromatic carbocycles. The van der Waals surface area contributed by atoms with Crippen molar-refractivity contribution in [3.05, 3.63) is 57.8 Å². The van der Waals surface area contributed by atoms with Gasteiger partial charge in [-0.3, -0.25) is 0 Å². The molecule has 0 aliphatic carbocycles. The van der Waals surface area contributed by atoms with Crippen LogP contribution in [0, 0.1) is 0 Å². The SMILES string of the molecule is O=C(O)c1ncccc1OCc1cc(Cl)ccc1Cl. The first-order valence-electron chi connectivity index (χ1n) is 5.33. The zero-order valence-corrected chi connectivity index (χ0v) is 11.1. The molecule has 0 saturated heterocycles. The summed E-state index contributed by atoms with van der Waals surface area (Å²) in [5, 5.41) is 10.0. The minimum atomic E-state index is -1.15. The van der Waals surface area contributed by atoms with Crippen molar-refractivity contribution in [3.8, 4) is 5.75 Å². The van der Waals surface area contributed by atoms with Gasteiger partial charge in [0.2, 0.25) is 0 Å². The maximum absolute atomic E-state index is 11.0. The summed E-state index contributed by atoms with van der Waals surface area (Å²) < 4.78 is 5.43. The molecule has 6 heteroatoms. The Balaban J connectivity index is 2.19. The highest BCUT2D eigenvalue weighted by atomic mass is 35.5. The average molecular weight is 298 g/mol. The number of carbonyl (C=O) groups is 1. The summed E-state index contributed by atoms with van der Waals surface area (Å²) in [5.74, 6) is -0.959. The molecule has 0 aliphatic heterocycles. The monoisotopic (exact) mass is 297 g/mol. The van der Waals surface area contributed by atoms with E-state index in [-0.39, 0.29) is 18.1 Å². The van der Waals surface area contributed by atoms with E-state index >= 15 is 0 Å². The Morgan fingerprint density at radius 2 is 2.11 bits per heavy atom. The summed E-state index contributed by atoms with van der Waals surface area (Å²) in [6.45, 7) is 0.116. The van der Waals surface area contributed by atoms with Crippen molar-refractivity contribution in [2.75, 3.05) is 0 Å². The van der Waals surface area contributed by atoms with Gasteiger partial charge in [0.15, 0.2) is 11.4 Å². The van der Waals surface area contributed by atoms with E-state index in [1.165, 1.54) is 12.3 Å². The molecule has 0 fully saturated rings. The van der Waals surface area contributed by atoms with Crippen LogP contribution in [0.1, 0.15) is 16.1 Å². The van der Waals surface area contributed by atoms with Crippen LogP contribution in [0.4, 0.5) is 0 Å². The molecular formula is C13H9Cl2NO3. The van der Waals surface area contributed by atoms with E-state index in [9.17, 15) is 4.79 Å². The molecule has 0 aliphatic rings. The summed E-state index contributed by atoms with van der Waals surface area (Å²) in [6.07, 6.45) is 1.39. The molecule has 1 N–H and O–H groups in total. The predicted molar refractivity (Wildman–Crippen MR) is 72.0 cm³/mol. The van der Waals surface area contributed by atoms with Crippen molar-refractivity contribution in [1.29, 1.82) is 0 Å². The normalized spacial score (nSPS) is 10.2. The van der Waals surface area contributed by atoms with Crippen molar-refractivity contribution >= 4 is 29.2 Å². The summed E-state index contributed by atoms with van der Waals surface area (Å²) in [4.78, 5) is 14.7. The van der Waals surface area contributed by atoms with Gasteiger partial charge in [-0.1, -0.05) is 23.2 Å². The van der Waals surface area contributed by atoms with Gasteiger partial charge in [-0.2, -0.15) is 0 Å². The molecule has 4 nitrogen and oxygen atoms in total. The zero-order chi connectivity index (χ0) is 13.8. The number of nitrogens with zero attached hydrogens (tertiary/aromatic N) is 1. The number of hydrogen-bond donors (Lipinski definition) is 1. The molecule has 0 radical (unpaired) electrons. The van der Waals surface area contributed by atoms with E-state index in [4.69, 9.17) is 33.0 Å². The molecule has 0 amide bonds. The van der Waals surface area contributed by atoms with Crippen molar-refractivity contribution in [2.45, 2.75) is 6.61 Å². The summed E-state index contributed by atoms with van der Waals surface area (Å²) in [6, 6.07) is 8.13. The summed E-state index contributed by atoms with van der Waals surface area (Å²) in [7, 11) is 0. The van der Waals surface area contributed by atoms with Crippen LogP contribution in [0.25, 0.3) is 0 Å². The third-order valence-electron chi connectivity index (χ3n) is 2.36. The lowest BCUT2D eigenvalue weighted by atomic mass is 10.2. The molecule has 0 bridgehead atoms. The van der Waals surface area contributed by atoms with Gasteiger partial charge in [0.05, 0.1) is 0 Å². The Labute approximate surface area is 119 Å². The number of aromatic nitrogens is 1. The van der Waals surface area contributed by atoms with Crippen molar-refractivity contribution in [2.24, 2.45) is 0 Å². The van der Waals surface area contributed by atoms with E-state index in [0.29, 0.717) is 15.6 Å². The molecule has 2 aromatic rings. The third-order valence-corrected chi connectivity index (χ3v) is 2.97. The van der Waals surface area contributed by atoms with E-state index in [1.807, 2.05) is 0 Å². The van der Waals surface area contributed by atoms with Crippen LogP contribution in [-0.2, 0) is 6.61 Å². The van der Waals surface area contributed by atoms with Crippen molar-refractivity contribution < 1.29 is 14.6 Å². The number of rotatable bonds is 4. The Kier molecular flexibility index (Phi) is 4.24. The number of aromatic carboxylic acids is 1. The smallest absolute Gasteiger partial charge is 0.358 e. The fourth-order valence-corrected chi connectivity index (χ4v) is 1.84.